The SMILES string of the molecule is COc1cc2ccnc(Cc3ccc(OC)c(OC)c3)c2cc1O. The van der Waals surface area contributed by atoms with Crippen LogP contribution < -0.4 is 14.2 Å². The number of pyridine rings is 1. The lowest BCUT2D eigenvalue weighted by atomic mass is 10.0. The number of hydrogen-bond donors (Lipinski definition) is 1. The second kappa shape index (κ2) is 6.66. The fraction of sp³-hybridized carbons (Fsp3) is 0.211. The van der Waals surface area contributed by atoms with Gasteiger partial charge in [-0.15, -0.1) is 0 Å². The van der Waals surface area contributed by atoms with Gasteiger partial charge in [-0.2, -0.15) is 0 Å². The van der Waals surface area contributed by atoms with Gasteiger partial charge in [-0.3, -0.25) is 4.98 Å². The average molecular weight is 325 g/mol. The van der Waals surface area contributed by atoms with Gasteiger partial charge in [0.25, 0.3) is 0 Å². The van der Waals surface area contributed by atoms with E-state index < -0.39 is 0 Å². The highest BCUT2D eigenvalue weighted by Crippen LogP contribution is 2.33. The van der Waals surface area contributed by atoms with Crippen LogP contribution in [0.5, 0.6) is 23.0 Å². The molecule has 5 nitrogen and oxygen atoms in total. The molecule has 24 heavy (non-hydrogen) atoms. The van der Waals surface area contributed by atoms with Gasteiger partial charge in [0.2, 0.25) is 0 Å². The van der Waals surface area contributed by atoms with Crippen LogP contribution in [-0.4, -0.2) is 31.4 Å². The van der Waals surface area contributed by atoms with Crippen molar-refractivity contribution in [1.29, 1.82) is 0 Å². The maximum Gasteiger partial charge on any atom is 0.161 e. The number of phenolic OH excluding ortho intramolecular Hbond substituents is 1. The van der Waals surface area contributed by atoms with Crippen molar-refractivity contribution in [2.24, 2.45) is 0 Å². The van der Waals surface area contributed by atoms with E-state index in [1.54, 1.807) is 26.5 Å². The summed E-state index contributed by atoms with van der Waals surface area (Å²) < 4.78 is 15.8. The van der Waals surface area contributed by atoms with Crippen LogP contribution in [0, 0.1) is 0 Å². The molecule has 0 aliphatic rings. The highest BCUT2D eigenvalue weighted by Gasteiger charge is 2.11. The summed E-state index contributed by atoms with van der Waals surface area (Å²) in [6.45, 7) is 0. The molecule has 1 N–H and O–H groups in total. The third-order valence-electron chi connectivity index (χ3n) is 3.97. The first-order valence-electron chi connectivity index (χ1n) is 7.51. The third-order valence-corrected chi connectivity index (χ3v) is 3.97. The van der Waals surface area contributed by atoms with Crippen molar-refractivity contribution in [3.8, 4) is 23.0 Å². The van der Waals surface area contributed by atoms with E-state index in [4.69, 9.17) is 14.2 Å². The summed E-state index contributed by atoms with van der Waals surface area (Å²) >= 11 is 0. The number of methoxy groups -OCH3 is 3. The van der Waals surface area contributed by atoms with Crippen LogP contribution in [0.4, 0.5) is 0 Å². The molecule has 3 rings (SSSR count). The lowest BCUT2D eigenvalue weighted by Crippen LogP contribution is -1.96. The second-order valence-corrected chi connectivity index (χ2v) is 5.37. The zero-order chi connectivity index (χ0) is 17.1. The molecule has 2 aromatic carbocycles. The van der Waals surface area contributed by atoms with Crippen molar-refractivity contribution in [1.82, 2.24) is 4.98 Å². The van der Waals surface area contributed by atoms with Crippen molar-refractivity contribution in [2.45, 2.75) is 6.42 Å². The van der Waals surface area contributed by atoms with Gasteiger partial charge in [-0.1, -0.05) is 6.07 Å². The molecule has 0 atom stereocenters. The smallest absolute Gasteiger partial charge is 0.161 e. The Balaban J connectivity index is 2.02. The van der Waals surface area contributed by atoms with Crippen LogP contribution in [0.2, 0.25) is 0 Å². The quantitative estimate of drug-likeness (QED) is 0.777. The van der Waals surface area contributed by atoms with Gasteiger partial charge in [-0.05, 0) is 41.3 Å². The summed E-state index contributed by atoms with van der Waals surface area (Å²) in [5.74, 6) is 1.92. The molecule has 1 aromatic heterocycles. The molecule has 0 aliphatic heterocycles. The van der Waals surface area contributed by atoms with Gasteiger partial charge in [-0.25, -0.2) is 0 Å². The Morgan fingerprint density at radius 1 is 0.875 bits per heavy atom. The summed E-state index contributed by atoms with van der Waals surface area (Å²) in [5, 5.41) is 11.9. The highest BCUT2D eigenvalue weighted by atomic mass is 16.5. The molecule has 0 spiro atoms. The number of aromatic hydroxyl groups is 1. The van der Waals surface area contributed by atoms with Gasteiger partial charge < -0.3 is 19.3 Å². The normalized spacial score (nSPS) is 10.6. The van der Waals surface area contributed by atoms with E-state index in [0.717, 1.165) is 22.0 Å². The largest absolute Gasteiger partial charge is 0.504 e. The van der Waals surface area contributed by atoms with Crippen molar-refractivity contribution in [2.75, 3.05) is 21.3 Å². The number of aromatic nitrogens is 1. The molecule has 0 saturated carbocycles. The van der Waals surface area contributed by atoms with E-state index in [-0.39, 0.29) is 5.75 Å². The summed E-state index contributed by atoms with van der Waals surface area (Å²) in [4.78, 5) is 4.47. The first-order chi connectivity index (χ1) is 11.7. The van der Waals surface area contributed by atoms with E-state index in [9.17, 15) is 5.11 Å². The minimum absolute atomic E-state index is 0.103. The summed E-state index contributed by atoms with van der Waals surface area (Å²) in [7, 11) is 4.76. The van der Waals surface area contributed by atoms with Gasteiger partial charge in [0.15, 0.2) is 23.0 Å². The Hall–Kier alpha value is -2.95. The molecule has 5 heteroatoms. The van der Waals surface area contributed by atoms with Crippen LogP contribution in [-0.2, 0) is 6.42 Å². The molecule has 0 fully saturated rings. The fourth-order valence-corrected chi connectivity index (χ4v) is 2.74. The molecule has 3 aromatic rings. The standard InChI is InChI=1S/C19H19NO4/c1-22-17-5-4-12(9-19(17)24-3)8-15-14-11-16(21)18(23-2)10-13(14)6-7-20-15/h4-7,9-11,21H,8H2,1-3H3. The van der Waals surface area contributed by atoms with Crippen LogP contribution in [0.3, 0.4) is 0 Å². The van der Waals surface area contributed by atoms with Crippen molar-refractivity contribution >= 4 is 10.8 Å². The molecule has 0 radical (unpaired) electrons. The highest BCUT2D eigenvalue weighted by molar-refractivity contribution is 5.88. The van der Waals surface area contributed by atoms with Crippen LogP contribution in [0.1, 0.15) is 11.3 Å². The summed E-state index contributed by atoms with van der Waals surface area (Å²) in [6.07, 6.45) is 2.37. The maximum absolute atomic E-state index is 10.1. The summed E-state index contributed by atoms with van der Waals surface area (Å²) in [5.41, 5.74) is 1.92. The Labute approximate surface area is 140 Å². The van der Waals surface area contributed by atoms with E-state index >= 15 is 0 Å². The van der Waals surface area contributed by atoms with Gasteiger partial charge in [0.05, 0.1) is 27.0 Å². The Kier molecular flexibility index (Phi) is 4.42. The van der Waals surface area contributed by atoms with Gasteiger partial charge in [0, 0.05) is 18.0 Å². The van der Waals surface area contributed by atoms with E-state index in [0.29, 0.717) is 23.7 Å². The molecule has 1 heterocycles. The first kappa shape index (κ1) is 15.9. The monoisotopic (exact) mass is 325 g/mol. The molecule has 0 saturated heterocycles. The minimum atomic E-state index is 0.103. The Bertz CT molecular complexity index is 877. The molecule has 124 valence electrons. The number of benzene rings is 2. The number of fused-ring (bicyclic) bond motifs is 1. The molecule has 0 amide bonds. The number of nitrogens with zero attached hydrogens (tertiary/aromatic N) is 1. The van der Waals surface area contributed by atoms with Crippen LogP contribution in [0.25, 0.3) is 10.8 Å². The molecule has 0 aliphatic carbocycles. The zero-order valence-electron chi connectivity index (χ0n) is 13.9. The van der Waals surface area contributed by atoms with Crippen LogP contribution >= 0.6 is 0 Å². The van der Waals surface area contributed by atoms with Gasteiger partial charge in [0.1, 0.15) is 0 Å². The maximum atomic E-state index is 10.1. The molecule has 0 bridgehead atoms. The molecule has 0 unspecified atom stereocenters. The second-order valence-electron chi connectivity index (χ2n) is 5.37. The summed E-state index contributed by atoms with van der Waals surface area (Å²) in [6, 6.07) is 11.2. The topological polar surface area (TPSA) is 60.8 Å². The van der Waals surface area contributed by atoms with Crippen LogP contribution in [0.15, 0.2) is 42.6 Å². The Morgan fingerprint density at radius 3 is 2.33 bits per heavy atom. The zero-order valence-corrected chi connectivity index (χ0v) is 13.9. The number of rotatable bonds is 5. The molecular weight excluding hydrogens is 306 g/mol. The minimum Gasteiger partial charge on any atom is -0.504 e. The van der Waals surface area contributed by atoms with E-state index in [1.807, 2.05) is 30.3 Å². The first-order valence-corrected chi connectivity index (χ1v) is 7.51. The number of phenols is 1. The van der Waals surface area contributed by atoms with E-state index in [1.165, 1.54) is 7.11 Å². The van der Waals surface area contributed by atoms with Gasteiger partial charge >= 0.3 is 0 Å². The van der Waals surface area contributed by atoms with Crippen molar-refractivity contribution < 1.29 is 19.3 Å². The molecular formula is C19H19NO4. The Morgan fingerprint density at radius 2 is 1.62 bits per heavy atom. The number of ether oxygens (including phenoxy) is 3. The third kappa shape index (κ3) is 2.93. The average Bonchev–Trinajstić information content (AvgIpc) is 2.61. The van der Waals surface area contributed by atoms with Crippen molar-refractivity contribution in [3.05, 3.63) is 53.9 Å². The van der Waals surface area contributed by atoms with Crippen molar-refractivity contribution in [3.63, 3.8) is 0 Å². The lowest BCUT2D eigenvalue weighted by Gasteiger charge is -2.11. The lowest BCUT2D eigenvalue weighted by molar-refractivity contribution is 0.354. The number of hydrogen-bond acceptors (Lipinski definition) is 5. The fourth-order valence-electron chi connectivity index (χ4n) is 2.74. The predicted molar refractivity (Wildman–Crippen MR) is 92.3 cm³/mol. The predicted octanol–water partition coefficient (Wildman–Crippen LogP) is 3.56. The van der Waals surface area contributed by atoms with E-state index in [2.05, 4.69) is 4.98 Å².